The Morgan fingerprint density at radius 1 is 1.28 bits per heavy atom. The molecule has 2 N–H and O–H groups in total. The normalized spacial score (nSPS) is 11.1. The van der Waals surface area contributed by atoms with Crippen molar-refractivity contribution in [2.75, 3.05) is 5.32 Å². The van der Waals surface area contributed by atoms with E-state index < -0.39 is 11.6 Å². The number of anilines is 1. The second-order valence-corrected chi connectivity index (χ2v) is 6.29. The van der Waals surface area contributed by atoms with Gasteiger partial charge in [0.2, 0.25) is 5.95 Å². The molecule has 0 saturated heterocycles. The van der Waals surface area contributed by atoms with Gasteiger partial charge in [-0.3, -0.25) is 4.79 Å². The lowest BCUT2D eigenvalue weighted by molar-refractivity contribution is 0.103. The minimum absolute atomic E-state index is 0.0725. The summed E-state index contributed by atoms with van der Waals surface area (Å²) in [4.78, 5) is 21.1. The molecule has 0 unspecified atom stereocenters. The van der Waals surface area contributed by atoms with Gasteiger partial charge in [-0.15, -0.1) is 0 Å². The summed E-state index contributed by atoms with van der Waals surface area (Å²) >= 11 is 5.72. The summed E-state index contributed by atoms with van der Waals surface area (Å²) in [6.45, 7) is 3.92. The fourth-order valence-corrected chi connectivity index (χ4v) is 2.55. The number of aromatic nitrogens is 2. The van der Waals surface area contributed by atoms with Crippen LogP contribution < -0.4 is 5.32 Å². The molecular weight excluding hydrogens is 345 g/mol. The smallest absolute Gasteiger partial charge is 0.223 e. The van der Waals surface area contributed by atoms with E-state index in [1.807, 2.05) is 13.8 Å². The number of carbonyl (C=O) groups excluding carboxylic acids is 1. The van der Waals surface area contributed by atoms with E-state index in [4.69, 9.17) is 11.6 Å². The predicted molar refractivity (Wildman–Crippen MR) is 94.8 cm³/mol. The van der Waals surface area contributed by atoms with Gasteiger partial charge in [0.1, 0.15) is 11.6 Å². The standard InChI is InChI=1S/C18H15ClFN3O2/c1-9(2)22-18-21-8-11-5-12(16(24)7-15(11)23-18)17(25)10-3-4-14(20)13(19)6-10/h3-9,24H,1-2H3,(H,21,22,23). The summed E-state index contributed by atoms with van der Waals surface area (Å²) in [5, 5.41) is 13.7. The van der Waals surface area contributed by atoms with Crippen molar-refractivity contribution in [1.29, 1.82) is 0 Å². The van der Waals surface area contributed by atoms with E-state index in [2.05, 4.69) is 15.3 Å². The van der Waals surface area contributed by atoms with Crippen molar-refractivity contribution >= 4 is 34.2 Å². The highest BCUT2D eigenvalue weighted by Crippen LogP contribution is 2.27. The highest BCUT2D eigenvalue weighted by molar-refractivity contribution is 6.31. The van der Waals surface area contributed by atoms with Gasteiger partial charge >= 0.3 is 0 Å². The topological polar surface area (TPSA) is 75.1 Å². The van der Waals surface area contributed by atoms with Crippen molar-refractivity contribution in [3.63, 3.8) is 0 Å². The van der Waals surface area contributed by atoms with Crippen LogP contribution in [0.4, 0.5) is 10.3 Å². The number of nitrogens with one attached hydrogen (secondary N) is 1. The second-order valence-electron chi connectivity index (χ2n) is 5.88. The molecule has 0 aliphatic heterocycles. The zero-order valence-corrected chi connectivity index (χ0v) is 14.3. The summed E-state index contributed by atoms with van der Waals surface area (Å²) in [6.07, 6.45) is 1.57. The fourth-order valence-electron chi connectivity index (χ4n) is 2.37. The van der Waals surface area contributed by atoms with Crippen LogP contribution in [-0.4, -0.2) is 26.9 Å². The van der Waals surface area contributed by atoms with Crippen LogP contribution >= 0.6 is 11.6 Å². The Hall–Kier alpha value is -2.73. The van der Waals surface area contributed by atoms with Crippen molar-refractivity contribution in [3.8, 4) is 5.75 Å². The van der Waals surface area contributed by atoms with Crippen molar-refractivity contribution in [3.05, 3.63) is 58.5 Å². The molecule has 5 nitrogen and oxygen atoms in total. The number of phenolic OH excluding ortho intramolecular Hbond substituents is 1. The van der Waals surface area contributed by atoms with Gasteiger partial charge in [0.15, 0.2) is 5.78 Å². The van der Waals surface area contributed by atoms with E-state index in [-0.39, 0.29) is 27.9 Å². The van der Waals surface area contributed by atoms with Gasteiger partial charge in [-0.1, -0.05) is 11.6 Å². The van der Waals surface area contributed by atoms with E-state index in [9.17, 15) is 14.3 Å². The maximum atomic E-state index is 13.3. The molecule has 3 rings (SSSR count). The molecular formula is C18H15ClFN3O2. The van der Waals surface area contributed by atoms with Gasteiger partial charge in [-0.05, 0) is 38.1 Å². The molecule has 0 fully saturated rings. The number of rotatable bonds is 4. The quantitative estimate of drug-likeness (QED) is 0.683. The van der Waals surface area contributed by atoms with Gasteiger partial charge in [-0.2, -0.15) is 0 Å². The lowest BCUT2D eigenvalue weighted by atomic mass is 10.0. The number of benzene rings is 2. The maximum absolute atomic E-state index is 13.3. The first-order valence-corrected chi connectivity index (χ1v) is 7.99. The summed E-state index contributed by atoms with van der Waals surface area (Å²) in [6, 6.07) is 6.73. The molecule has 7 heteroatoms. The number of halogens is 2. The molecule has 0 spiro atoms. The Kier molecular flexibility index (Phi) is 4.55. The summed E-state index contributed by atoms with van der Waals surface area (Å²) in [5.74, 6) is -0.858. The average Bonchev–Trinajstić information content (AvgIpc) is 2.55. The summed E-state index contributed by atoms with van der Waals surface area (Å²) in [5.41, 5.74) is 0.757. The number of carbonyl (C=O) groups is 1. The van der Waals surface area contributed by atoms with Crippen molar-refractivity contribution in [2.24, 2.45) is 0 Å². The number of ketones is 1. The Bertz CT molecular complexity index is 976. The largest absolute Gasteiger partial charge is 0.507 e. The Morgan fingerprint density at radius 2 is 2.04 bits per heavy atom. The minimum Gasteiger partial charge on any atom is -0.507 e. The first kappa shape index (κ1) is 17.1. The molecule has 25 heavy (non-hydrogen) atoms. The highest BCUT2D eigenvalue weighted by Gasteiger charge is 2.17. The van der Waals surface area contributed by atoms with Crippen LogP contribution in [0.2, 0.25) is 5.02 Å². The van der Waals surface area contributed by atoms with Crippen LogP contribution in [0, 0.1) is 5.82 Å². The molecule has 1 heterocycles. The van der Waals surface area contributed by atoms with Crippen LogP contribution in [0.1, 0.15) is 29.8 Å². The molecule has 3 aromatic rings. The summed E-state index contributed by atoms with van der Waals surface area (Å²) in [7, 11) is 0. The lowest BCUT2D eigenvalue weighted by Gasteiger charge is -2.10. The van der Waals surface area contributed by atoms with E-state index in [0.29, 0.717) is 16.9 Å². The maximum Gasteiger partial charge on any atom is 0.223 e. The monoisotopic (exact) mass is 359 g/mol. The average molecular weight is 360 g/mol. The van der Waals surface area contributed by atoms with Crippen LogP contribution in [0.25, 0.3) is 10.9 Å². The van der Waals surface area contributed by atoms with Crippen LogP contribution in [0.15, 0.2) is 36.5 Å². The Labute approximate surface area is 148 Å². The molecule has 0 saturated carbocycles. The molecule has 0 atom stereocenters. The summed E-state index contributed by atoms with van der Waals surface area (Å²) < 4.78 is 13.3. The van der Waals surface area contributed by atoms with Crippen molar-refractivity contribution in [1.82, 2.24) is 9.97 Å². The van der Waals surface area contributed by atoms with Crippen LogP contribution in [0.3, 0.4) is 0 Å². The van der Waals surface area contributed by atoms with E-state index in [1.165, 1.54) is 24.3 Å². The number of aromatic hydroxyl groups is 1. The number of phenols is 1. The zero-order chi connectivity index (χ0) is 18.1. The molecule has 0 amide bonds. The third-order valence-corrected chi connectivity index (χ3v) is 3.83. The zero-order valence-electron chi connectivity index (χ0n) is 13.5. The van der Waals surface area contributed by atoms with Crippen LogP contribution in [0.5, 0.6) is 5.75 Å². The first-order chi connectivity index (χ1) is 11.8. The predicted octanol–water partition coefficient (Wildman–Crippen LogP) is 4.18. The molecule has 128 valence electrons. The van der Waals surface area contributed by atoms with Crippen molar-refractivity contribution in [2.45, 2.75) is 19.9 Å². The van der Waals surface area contributed by atoms with Gasteiger partial charge in [0.05, 0.1) is 16.1 Å². The minimum atomic E-state index is -0.612. The van der Waals surface area contributed by atoms with Gasteiger partial charge in [-0.25, -0.2) is 14.4 Å². The number of fused-ring (bicyclic) bond motifs is 1. The third-order valence-electron chi connectivity index (χ3n) is 3.54. The highest BCUT2D eigenvalue weighted by atomic mass is 35.5. The first-order valence-electron chi connectivity index (χ1n) is 7.61. The fraction of sp³-hybridized carbons (Fsp3) is 0.167. The Morgan fingerprint density at radius 3 is 2.72 bits per heavy atom. The molecule has 2 aromatic carbocycles. The third kappa shape index (κ3) is 3.53. The molecule has 0 bridgehead atoms. The SMILES string of the molecule is CC(C)Nc1ncc2cc(C(=O)c3ccc(F)c(Cl)c3)c(O)cc2n1. The van der Waals surface area contributed by atoms with Gasteiger partial charge < -0.3 is 10.4 Å². The number of nitrogens with zero attached hydrogens (tertiary/aromatic N) is 2. The molecule has 0 aliphatic rings. The number of hydrogen-bond acceptors (Lipinski definition) is 5. The van der Waals surface area contributed by atoms with Gasteiger partial charge in [0.25, 0.3) is 0 Å². The second kappa shape index (κ2) is 6.64. The molecule has 0 aliphatic carbocycles. The van der Waals surface area contributed by atoms with E-state index >= 15 is 0 Å². The van der Waals surface area contributed by atoms with Gasteiger partial charge in [0, 0.05) is 29.3 Å². The van der Waals surface area contributed by atoms with Crippen LogP contribution in [-0.2, 0) is 0 Å². The molecule has 1 aromatic heterocycles. The number of hydrogen-bond donors (Lipinski definition) is 2. The van der Waals surface area contributed by atoms with E-state index in [0.717, 1.165) is 6.07 Å². The lowest BCUT2D eigenvalue weighted by Crippen LogP contribution is -2.12. The Balaban J connectivity index is 2.03. The van der Waals surface area contributed by atoms with E-state index in [1.54, 1.807) is 6.20 Å². The van der Waals surface area contributed by atoms with Crippen molar-refractivity contribution < 1.29 is 14.3 Å². The molecule has 0 radical (unpaired) electrons.